The minimum absolute atomic E-state index is 0.313. The zero-order valence-corrected chi connectivity index (χ0v) is 21.0. The molecule has 1 N–H and O–H groups in total. The molecule has 0 spiro atoms. The van der Waals surface area contributed by atoms with Gasteiger partial charge in [0, 0.05) is 16.6 Å². The number of nitrogens with one attached hydrogen (secondary N) is 1. The molecule has 5 rings (SSSR count). The monoisotopic (exact) mass is 469 g/mol. The number of hydrogen-bond acceptors (Lipinski definition) is 3. The molecule has 4 heteroatoms. The molecule has 1 aliphatic rings. The van der Waals surface area contributed by atoms with Crippen molar-refractivity contribution < 1.29 is 14.3 Å². The second-order valence-corrected chi connectivity index (χ2v) is 8.80. The molecule has 4 nitrogen and oxygen atoms in total. The predicted octanol–water partition coefficient (Wildman–Crippen LogP) is 8.27. The van der Waals surface area contributed by atoms with Gasteiger partial charge < -0.3 is 14.5 Å². The van der Waals surface area contributed by atoms with Crippen LogP contribution in [0.3, 0.4) is 0 Å². The zero-order chi connectivity index (χ0) is 24.6. The molecule has 0 aliphatic heterocycles. The lowest BCUT2D eigenvalue weighted by Gasteiger charge is -2.23. The number of methoxy groups -OCH3 is 1. The Hall–Kier alpha value is -3.53. The number of aromatic amines is 1. The number of carbonyl (C=O) groups is 1. The molecule has 35 heavy (non-hydrogen) atoms. The first-order valence-electron chi connectivity index (χ1n) is 12.7. The van der Waals surface area contributed by atoms with Crippen LogP contribution in [0.5, 0.6) is 5.75 Å². The van der Waals surface area contributed by atoms with E-state index in [0.717, 1.165) is 28.1 Å². The van der Waals surface area contributed by atoms with E-state index in [0.29, 0.717) is 18.1 Å². The van der Waals surface area contributed by atoms with Gasteiger partial charge in [0.15, 0.2) is 0 Å². The van der Waals surface area contributed by atoms with Crippen molar-refractivity contribution in [3.63, 3.8) is 0 Å². The largest absolute Gasteiger partial charge is 0.489 e. The highest BCUT2D eigenvalue weighted by atomic mass is 16.5. The number of ether oxygens (including phenoxy) is 2. The Balaban J connectivity index is 0.00000141. The summed E-state index contributed by atoms with van der Waals surface area (Å²) >= 11 is 0. The van der Waals surface area contributed by atoms with Crippen LogP contribution in [-0.2, 0) is 11.3 Å². The van der Waals surface area contributed by atoms with Gasteiger partial charge >= 0.3 is 5.97 Å². The van der Waals surface area contributed by atoms with Crippen LogP contribution < -0.4 is 4.74 Å². The van der Waals surface area contributed by atoms with E-state index in [9.17, 15) is 4.79 Å². The quantitative estimate of drug-likeness (QED) is 0.289. The average molecular weight is 470 g/mol. The fourth-order valence-electron chi connectivity index (χ4n) is 4.97. The SMILES string of the molecule is CC.COC(=O)c1ccc2c(C3CCCCC3)c(-c3ccc(OCc4ccccc4)cc3)[nH]c2c1. The summed E-state index contributed by atoms with van der Waals surface area (Å²) in [4.78, 5) is 15.7. The molecular weight excluding hydrogens is 434 g/mol. The van der Waals surface area contributed by atoms with Crippen LogP contribution in [0, 0.1) is 0 Å². The van der Waals surface area contributed by atoms with Crippen LogP contribution in [0.2, 0.25) is 0 Å². The lowest BCUT2D eigenvalue weighted by molar-refractivity contribution is 0.0601. The molecule has 3 aromatic carbocycles. The lowest BCUT2D eigenvalue weighted by Crippen LogP contribution is -2.05. The maximum atomic E-state index is 12.1. The van der Waals surface area contributed by atoms with Crippen molar-refractivity contribution in [2.75, 3.05) is 7.11 Å². The van der Waals surface area contributed by atoms with E-state index in [4.69, 9.17) is 9.47 Å². The molecule has 1 heterocycles. The number of benzene rings is 3. The van der Waals surface area contributed by atoms with E-state index in [1.165, 1.54) is 50.2 Å². The Kier molecular flexibility index (Phi) is 8.25. The van der Waals surface area contributed by atoms with E-state index in [-0.39, 0.29) is 5.97 Å². The number of aromatic nitrogens is 1. The minimum atomic E-state index is -0.313. The van der Waals surface area contributed by atoms with Gasteiger partial charge in [-0.1, -0.05) is 69.5 Å². The number of fused-ring (bicyclic) bond motifs is 1. The number of carbonyl (C=O) groups excluding carboxylic acids is 1. The molecule has 0 saturated heterocycles. The van der Waals surface area contributed by atoms with Gasteiger partial charge in [0.2, 0.25) is 0 Å². The maximum absolute atomic E-state index is 12.1. The van der Waals surface area contributed by atoms with Crippen molar-refractivity contribution >= 4 is 16.9 Å². The number of H-pyrrole nitrogens is 1. The van der Waals surface area contributed by atoms with Crippen molar-refractivity contribution in [1.82, 2.24) is 4.98 Å². The molecule has 0 bridgehead atoms. The Bertz CT molecular complexity index is 1240. The molecule has 1 fully saturated rings. The standard InChI is InChI=1S/C29H29NO3.C2H6/c1-32-29(31)23-14-17-25-26(18-23)30-28(27(25)21-10-6-3-7-11-21)22-12-15-24(16-13-22)33-19-20-8-4-2-5-9-20;1-2/h2,4-5,8-9,12-18,21,30H,3,6-7,10-11,19H2,1H3;1-2H3. The van der Waals surface area contributed by atoms with Gasteiger partial charge in [-0.05, 0) is 71.8 Å². The van der Waals surface area contributed by atoms with Crippen molar-refractivity contribution in [2.45, 2.75) is 58.5 Å². The molecule has 1 saturated carbocycles. The Morgan fingerprint density at radius 3 is 2.31 bits per heavy atom. The van der Waals surface area contributed by atoms with Gasteiger partial charge in [-0.3, -0.25) is 0 Å². The van der Waals surface area contributed by atoms with Crippen LogP contribution >= 0.6 is 0 Å². The predicted molar refractivity (Wildman–Crippen MR) is 143 cm³/mol. The summed E-state index contributed by atoms with van der Waals surface area (Å²) < 4.78 is 10.9. The first kappa shape index (κ1) is 24.6. The van der Waals surface area contributed by atoms with Crippen LogP contribution in [-0.4, -0.2) is 18.1 Å². The Morgan fingerprint density at radius 1 is 0.914 bits per heavy atom. The summed E-state index contributed by atoms with van der Waals surface area (Å²) in [5, 5.41) is 1.20. The fourth-order valence-corrected chi connectivity index (χ4v) is 4.97. The van der Waals surface area contributed by atoms with Crippen molar-refractivity contribution in [1.29, 1.82) is 0 Å². The first-order valence-corrected chi connectivity index (χ1v) is 12.7. The smallest absolute Gasteiger partial charge is 0.337 e. The normalized spacial score (nSPS) is 13.7. The van der Waals surface area contributed by atoms with Crippen LogP contribution in [0.1, 0.15) is 73.4 Å². The summed E-state index contributed by atoms with van der Waals surface area (Å²) in [6.45, 7) is 4.55. The Labute approximate surface area is 208 Å². The summed E-state index contributed by atoms with van der Waals surface area (Å²) in [7, 11) is 1.42. The second-order valence-electron chi connectivity index (χ2n) is 8.80. The van der Waals surface area contributed by atoms with E-state index < -0.39 is 0 Å². The third kappa shape index (κ3) is 5.59. The number of hydrogen-bond donors (Lipinski definition) is 1. The van der Waals surface area contributed by atoms with Crippen molar-refractivity contribution in [3.8, 4) is 17.0 Å². The molecular formula is C31H35NO3. The van der Waals surface area contributed by atoms with E-state index >= 15 is 0 Å². The number of esters is 1. The van der Waals surface area contributed by atoms with Gasteiger partial charge in [0.1, 0.15) is 12.4 Å². The third-order valence-electron chi connectivity index (χ3n) is 6.66. The van der Waals surface area contributed by atoms with Crippen molar-refractivity contribution in [3.05, 3.63) is 89.5 Å². The van der Waals surface area contributed by atoms with Crippen molar-refractivity contribution in [2.24, 2.45) is 0 Å². The van der Waals surface area contributed by atoms with Gasteiger partial charge in [-0.25, -0.2) is 4.79 Å². The molecule has 4 aromatic rings. The highest BCUT2D eigenvalue weighted by Gasteiger charge is 2.24. The van der Waals surface area contributed by atoms with Gasteiger partial charge in [0.25, 0.3) is 0 Å². The highest BCUT2D eigenvalue weighted by Crippen LogP contribution is 2.42. The second kappa shape index (κ2) is 11.7. The Morgan fingerprint density at radius 2 is 1.63 bits per heavy atom. The molecule has 0 atom stereocenters. The summed E-state index contributed by atoms with van der Waals surface area (Å²) in [6.07, 6.45) is 6.26. The van der Waals surface area contributed by atoms with E-state index in [1.54, 1.807) is 0 Å². The zero-order valence-electron chi connectivity index (χ0n) is 21.0. The summed E-state index contributed by atoms with van der Waals surface area (Å²) in [5.74, 6) is 1.07. The molecule has 0 unspecified atom stereocenters. The van der Waals surface area contributed by atoms with Gasteiger partial charge in [0.05, 0.1) is 12.7 Å². The van der Waals surface area contributed by atoms with Crippen LogP contribution in [0.4, 0.5) is 0 Å². The fraction of sp³-hybridized carbons (Fsp3) is 0.323. The van der Waals surface area contributed by atoms with Crippen LogP contribution in [0.25, 0.3) is 22.2 Å². The molecule has 1 aliphatic carbocycles. The molecule has 1 aromatic heterocycles. The van der Waals surface area contributed by atoms with Gasteiger partial charge in [-0.15, -0.1) is 0 Å². The van der Waals surface area contributed by atoms with E-state index in [1.807, 2.05) is 56.3 Å². The maximum Gasteiger partial charge on any atom is 0.337 e. The minimum Gasteiger partial charge on any atom is -0.489 e. The van der Waals surface area contributed by atoms with Gasteiger partial charge in [-0.2, -0.15) is 0 Å². The first-order chi connectivity index (χ1) is 17.2. The number of rotatable bonds is 6. The lowest BCUT2D eigenvalue weighted by atomic mass is 9.82. The van der Waals surface area contributed by atoms with Crippen LogP contribution in [0.15, 0.2) is 72.8 Å². The highest BCUT2D eigenvalue weighted by molar-refractivity contribution is 5.98. The summed E-state index contributed by atoms with van der Waals surface area (Å²) in [5.41, 5.74) is 6.36. The molecule has 0 amide bonds. The van der Waals surface area contributed by atoms with E-state index in [2.05, 4.69) is 35.3 Å². The molecule has 182 valence electrons. The topological polar surface area (TPSA) is 51.3 Å². The summed E-state index contributed by atoms with van der Waals surface area (Å²) in [6, 6.07) is 24.4. The average Bonchev–Trinajstić information content (AvgIpc) is 3.32. The molecule has 0 radical (unpaired) electrons. The third-order valence-corrected chi connectivity index (χ3v) is 6.66.